The number of nitrogens with one attached hydrogen (secondary N) is 1. The number of Topliss-reactive ketones (excluding diaryl/α,β-unsaturated/α-hetero) is 1. The lowest BCUT2D eigenvalue weighted by Crippen LogP contribution is -2.28. The van der Waals surface area contributed by atoms with Gasteiger partial charge in [0.15, 0.2) is 5.78 Å². The van der Waals surface area contributed by atoms with E-state index in [0.717, 1.165) is 36.1 Å². The average molecular weight is 217 g/mol. The van der Waals surface area contributed by atoms with Gasteiger partial charge in [-0.2, -0.15) is 0 Å². The number of rotatable bonds is 4. The molecule has 2 nitrogen and oxygen atoms in total. The Labute approximate surface area is 97.1 Å². The first-order valence-electron chi connectivity index (χ1n) is 6.13. The van der Waals surface area contributed by atoms with Crippen molar-refractivity contribution in [1.82, 2.24) is 5.32 Å². The maximum absolute atomic E-state index is 12.1. The fourth-order valence-electron chi connectivity index (χ4n) is 2.35. The van der Waals surface area contributed by atoms with E-state index in [1.807, 2.05) is 6.08 Å². The van der Waals surface area contributed by atoms with E-state index in [4.69, 9.17) is 0 Å². The molecule has 1 atom stereocenters. The van der Waals surface area contributed by atoms with Crippen LogP contribution in [-0.2, 0) is 4.79 Å². The van der Waals surface area contributed by atoms with Crippen LogP contribution in [0.4, 0.5) is 0 Å². The van der Waals surface area contributed by atoms with E-state index in [1.165, 1.54) is 12.8 Å². The van der Waals surface area contributed by atoms with E-state index in [0.29, 0.717) is 0 Å². The van der Waals surface area contributed by atoms with Crippen LogP contribution in [0, 0.1) is 0 Å². The van der Waals surface area contributed by atoms with Gasteiger partial charge < -0.3 is 5.32 Å². The summed E-state index contributed by atoms with van der Waals surface area (Å²) in [7, 11) is 0. The van der Waals surface area contributed by atoms with Crippen LogP contribution in [0.2, 0.25) is 0 Å². The van der Waals surface area contributed by atoms with Crippen molar-refractivity contribution in [2.75, 3.05) is 0 Å². The van der Waals surface area contributed by atoms with Gasteiger partial charge in [0.05, 0.1) is 6.04 Å². The summed E-state index contributed by atoms with van der Waals surface area (Å²) in [5, 5.41) is 3.31. The van der Waals surface area contributed by atoms with Crippen LogP contribution in [0.25, 0.3) is 0 Å². The van der Waals surface area contributed by atoms with Crippen molar-refractivity contribution in [3.8, 4) is 0 Å². The molecule has 0 aromatic rings. The third-order valence-corrected chi connectivity index (χ3v) is 3.26. The fraction of sp³-hybridized carbons (Fsp3) is 0.500. The van der Waals surface area contributed by atoms with Crippen LogP contribution < -0.4 is 5.32 Å². The summed E-state index contributed by atoms with van der Waals surface area (Å²) in [5.41, 5.74) is 2.81. The van der Waals surface area contributed by atoms with Gasteiger partial charge in [0.25, 0.3) is 0 Å². The molecule has 0 spiro atoms. The number of carbonyl (C=O) groups is 1. The molecule has 0 saturated carbocycles. The Balaban J connectivity index is 2.02. The summed E-state index contributed by atoms with van der Waals surface area (Å²) in [6, 6.07) is -0.00366. The molecule has 0 radical (unpaired) electrons. The molecule has 0 aromatic heterocycles. The van der Waals surface area contributed by atoms with Crippen molar-refractivity contribution < 1.29 is 4.79 Å². The number of hydrogen-bond acceptors (Lipinski definition) is 2. The summed E-state index contributed by atoms with van der Waals surface area (Å²) >= 11 is 0. The normalized spacial score (nSPS) is 23.7. The minimum Gasteiger partial charge on any atom is -0.374 e. The minimum atomic E-state index is -0.00366. The van der Waals surface area contributed by atoms with Gasteiger partial charge in [-0.1, -0.05) is 38.8 Å². The summed E-state index contributed by atoms with van der Waals surface area (Å²) in [6.07, 6.45) is 9.36. The Kier molecular flexibility index (Phi) is 3.28. The average Bonchev–Trinajstić information content (AvgIpc) is 2.58. The molecular weight excluding hydrogens is 198 g/mol. The van der Waals surface area contributed by atoms with Crippen molar-refractivity contribution in [1.29, 1.82) is 0 Å². The topological polar surface area (TPSA) is 29.1 Å². The van der Waals surface area contributed by atoms with Crippen molar-refractivity contribution in [3.63, 3.8) is 0 Å². The zero-order chi connectivity index (χ0) is 11.5. The number of ketones is 1. The van der Waals surface area contributed by atoms with Crippen LogP contribution >= 0.6 is 0 Å². The Bertz CT molecular complexity index is 376. The third-order valence-electron chi connectivity index (χ3n) is 3.26. The van der Waals surface area contributed by atoms with Gasteiger partial charge in [-0.15, -0.1) is 0 Å². The maximum Gasteiger partial charge on any atom is 0.187 e. The molecule has 0 aromatic carbocycles. The Morgan fingerprint density at radius 1 is 1.50 bits per heavy atom. The van der Waals surface area contributed by atoms with Crippen molar-refractivity contribution in [2.24, 2.45) is 0 Å². The molecule has 0 fully saturated rings. The Hall–Kier alpha value is -1.31. The summed E-state index contributed by atoms with van der Waals surface area (Å²) in [5.74, 6) is 0.250. The molecule has 16 heavy (non-hydrogen) atoms. The first-order valence-corrected chi connectivity index (χ1v) is 6.13. The zero-order valence-corrected chi connectivity index (χ0v) is 9.88. The quantitative estimate of drug-likeness (QED) is 0.734. The van der Waals surface area contributed by atoms with Gasteiger partial charge in [0, 0.05) is 11.3 Å². The van der Waals surface area contributed by atoms with E-state index in [9.17, 15) is 4.79 Å². The van der Waals surface area contributed by atoms with Gasteiger partial charge in [-0.3, -0.25) is 4.79 Å². The van der Waals surface area contributed by atoms with E-state index in [2.05, 4.69) is 24.9 Å². The molecule has 0 amide bonds. The molecule has 0 bridgehead atoms. The maximum atomic E-state index is 12.1. The standard InChI is InChI=1S/C14H19NO/c1-3-4-5-8-12-14(16)13-10(2)7-6-9-11(13)15-12/h6,9,12,15H,2-5,7-8H2,1H3. The second-order valence-electron chi connectivity index (χ2n) is 4.56. The van der Waals surface area contributed by atoms with Crippen LogP contribution in [0.1, 0.15) is 39.0 Å². The number of carbonyl (C=O) groups excluding carboxylic acids is 1. The molecule has 86 valence electrons. The highest BCUT2D eigenvalue weighted by Gasteiger charge is 2.33. The zero-order valence-electron chi connectivity index (χ0n) is 9.88. The van der Waals surface area contributed by atoms with Gasteiger partial charge in [-0.25, -0.2) is 0 Å². The third kappa shape index (κ3) is 1.97. The van der Waals surface area contributed by atoms with Gasteiger partial charge in [0.1, 0.15) is 0 Å². The molecule has 1 aliphatic heterocycles. The largest absolute Gasteiger partial charge is 0.374 e. The molecule has 2 aliphatic rings. The molecular formula is C14H19NO. The predicted molar refractivity (Wildman–Crippen MR) is 66.0 cm³/mol. The van der Waals surface area contributed by atoms with Gasteiger partial charge >= 0.3 is 0 Å². The highest BCUT2D eigenvalue weighted by atomic mass is 16.1. The lowest BCUT2D eigenvalue weighted by atomic mass is 9.93. The molecule has 1 aliphatic carbocycles. The minimum absolute atomic E-state index is 0.00366. The van der Waals surface area contributed by atoms with Crippen LogP contribution in [0.3, 0.4) is 0 Å². The van der Waals surface area contributed by atoms with Gasteiger partial charge in [0.2, 0.25) is 0 Å². The Morgan fingerprint density at radius 2 is 2.31 bits per heavy atom. The summed E-state index contributed by atoms with van der Waals surface area (Å²) < 4.78 is 0. The lowest BCUT2D eigenvalue weighted by molar-refractivity contribution is -0.116. The second kappa shape index (κ2) is 4.69. The number of hydrogen-bond donors (Lipinski definition) is 1. The number of allylic oxidation sites excluding steroid dienone is 3. The van der Waals surface area contributed by atoms with Crippen molar-refractivity contribution >= 4 is 5.78 Å². The molecule has 0 saturated heterocycles. The highest BCUT2D eigenvalue weighted by Crippen LogP contribution is 2.30. The molecule has 1 heterocycles. The summed E-state index contributed by atoms with van der Waals surface area (Å²) in [4.78, 5) is 12.1. The number of unbranched alkanes of at least 4 members (excludes halogenated alkanes) is 2. The van der Waals surface area contributed by atoms with Crippen LogP contribution in [0.5, 0.6) is 0 Å². The van der Waals surface area contributed by atoms with Crippen LogP contribution in [0.15, 0.2) is 35.6 Å². The Morgan fingerprint density at radius 3 is 3.00 bits per heavy atom. The van der Waals surface area contributed by atoms with E-state index >= 15 is 0 Å². The lowest BCUT2D eigenvalue weighted by Gasteiger charge is -2.10. The molecule has 1 N–H and O–H groups in total. The fourth-order valence-corrected chi connectivity index (χ4v) is 2.35. The molecule has 2 heteroatoms. The highest BCUT2D eigenvalue weighted by molar-refractivity contribution is 6.07. The van der Waals surface area contributed by atoms with E-state index in [1.54, 1.807) is 0 Å². The monoisotopic (exact) mass is 217 g/mol. The smallest absolute Gasteiger partial charge is 0.187 e. The molecule has 1 unspecified atom stereocenters. The van der Waals surface area contributed by atoms with E-state index < -0.39 is 0 Å². The first kappa shape index (κ1) is 11.2. The van der Waals surface area contributed by atoms with Gasteiger partial charge in [-0.05, 0) is 24.5 Å². The SMILES string of the molecule is C=C1CC=CC2=C1C(=O)C(CCCCC)N2. The molecule has 2 rings (SSSR count). The second-order valence-corrected chi connectivity index (χ2v) is 4.56. The van der Waals surface area contributed by atoms with Crippen molar-refractivity contribution in [3.05, 3.63) is 35.6 Å². The first-order chi connectivity index (χ1) is 7.74. The van der Waals surface area contributed by atoms with E-state index in [-0.39, 0.29) is 11.8 Å². The van der Waals surface area contributed by atoms with Crippen LogP contribution in [-0.4, -0.2) is 11.8 Å². The predicted octanol–water partition coefficient (Wildman–Crippen LogP) is 2.88. The summed E-state index contributed by atoms with van der Waals surface area (Å²) in [6.45, 7) is 6.15. The van der Waals surface area contributed by atoms with Crippen molar-refractivity contribution in [2.45, 2.75) is 45.1 Å².